The Hall–Kier alpha value is -2.83. The molecule has 1 fully saturated rings. The van der Waals surface area contributed by atoms with Crippen LogP contribution in [-0.2, 0) is 28.8 Å². The second kappa shape index (κ2) is 15.3. The van der Waals surface area contributed by atoms with E-state index in [2.05, 4.69) is 16.0 Å². The maximum absolute atomic E-state index is 13.1. The summed E-state index contributed by atoms with van der Waals surface area (Å²) in [7, 11) is 0. The van der Waals surface area contributed by atoms with Gasteiger partial charge in [-0.05, 0) is 30.9 Å². The highest BCUT2D eigenvalue weighted by molar-refractivity contribution is 7.99. The van der Waals surface area contributed by atoms with E-state index in [0.717, 1.165) is 0 Å². The summed E-state index contributed by atoms with van der Waals surface area (Å²) in [6.07, 6.45) is 1.62. The number of carbonyl (C=O) groups excluding carboxylic acids is 4. The van der Waals surface area contributed by atoms with E-state index in [1.54, 1.807) is 0 Å². The summed E-state index contributed by atoms with van der Waals surface area (Å²) in [5, 5.41) is 26.1. The Bertz CT molecular complexity index is 822. The van der Waals surface area contributed by atoms with Crippen LogP contribution in [0.15, 0.2) is 0 Å². The van der Waals surface area contributed by atoms with Crippen LogP contribution in [0.5, 0.6) is 0 Å². The molecule has 1 aliphatic carbocycles. The number of carboxylic acid groups (broad SMARTS) is 2. The minimum Gasteiger partial charge on any atom is -0.481 e. The van der Waals surface area contributed by atoms with Crippen molar-refractivity contribution in [2.24, 2.45) is 23.5 Å². The van der Waals surface area contributed by atoms with Crippen LogP contribution in [0.4, 0.5) is 0 Å². The summed E-state index contributed by atoms with van der Waals surface area (Å²) in [4.78, 5) is 73.4. The van der Waals surface area contributed by atoms with Gasteiger partial charge in [0.2, 0.25) is 23.6 Å². The van der Waals surface area contributed by atoms with Crippen molar-refractivity contribution in [2.45, 2.75) is 77.4 Å². The molecule has 0 unspecified atom stereocenters. The van der Waals surface area contributed by atoms with Gasteiger partial charge >= 0.3 is 11.9 Å². The number of nitrogens with one attached hydrogen (secondary N) is 3. The zero-order chi connectivity index (χ0) is 27.4. The monoisotopic (exact) mass is 530 g/mol. The average molecular weight is 531 g/mol. The number of aliphatic carboxylic acids is 2. The average Bonchev–Trinajstić information content (AvgIpc) is 2.79. The lowest BCUT2D eigenvalue weighted by Crippen LogP contribution is -2.58. The van der Waals surface area contributed by atoms with Gasteiger partial charge in [0.1, 0.15) is 18.1 Å². The summed E-state index contributed by atoms with van der Waals surface area (Å²) in [6, 6.07) is -3.68. The molecule has 0 spiro atoms. The third-order valence-corrected chi connectivity index (χ3v) is 6.90. The van der Waals surface area contributed by atoms with Crippen molar-refractivity contribution in [3.05, 3.63) is 0 Å². The second-order valence-corrected chi connectivity index (χ2v) is 10.6. The molecule has 12 nitrogen and oxygen atoms in total. The number of carboxylic acids is 2. The number of nitrogens with two attached hydrogens (primary N) is 1. The van der Waals surface area contributed by atoms with Gasteiger partial charge in [0.25, 0.3) is 0 Å². The second-order valence-electron chi connectivity index (χ2n) is 9.31. The lowest BCUT2D eigenvalue weighted by Gasteiger charge is -2.29. The zero-order valence-electron chi connectivity index (χ0n) is 21.0. The molecule has 5 atom stereocenters. The topological polar surface area (TPSA) is 205 Å². The Morgan fingerprint density at radius 3 is 1.94 bits per heavy atom. The first-order chi connectivity index (χ1) is 16.9. The molecule has 0 aromatic carbocycles. The maximum Gasteiger partial charge on any atom is 0.307 e. The Labute approximate surface area is 214 Å². The smallest absolute Gasteiger partial charge is 0.307 e. The first kappa shape index (κ1) is 31.2. The molecule has 1 rings (SSSR count). The largest absolute Gasteiger partial charge is 0.481 e. The molecule has 0 aromatic heterocycles. The molecule has 1 aliphatic rings. The van der Waals surface area contributed by atoms with E-state index >= 15 is 0 Å². The number of rotatable bonds is 15. The first-order valence-corrected chi connectivity index (χ1v) is 13.3. The lowest BCUT2D eigenvalue weighted by atomic mass is 9.78. The van der Waals surface area contributed by atoms with Crippen molar-refractivity contribution in [2.75, 3.05) is 11.5 Å². The molecule has 0 aliphatic heterocycles. The zero-order valence-corrected chi connectivity index (χ0v) is 21.8. The van der Waals surface area contributed by atoms with E-state index in [0.29, 0.717) is 31.4 Å². The van der Waals surface area contributed by atoms with Crippen LogP contribution in [0.3, 0.4) is 0 Å². The molecule has 0 aromatic rings. The van der Waals surface area contributed by atoms with Crippen molar-refractivity contribution >= 4 is 47.3 Å². The molecule has 0 bridgehead atoms. The van der Waals surface area contributed by atoms with Crippen molar-refractivity contribution in [3.8, 4) is 0 Å². The quantitative estimate of drug-likeness (QED) is 0.169. The highest BCUT2D eigenvalue weighted by atomic mass is 32.2. The highest BCUT2D eigenvalue weighted by Gasteiger charge is 2.38. The Morgan fingerprint density at radius 1 is 0.889 bits per heavy atom. The van der Waals surface area contributed by atoms with Crippen LogP contribution in [0.25, 0.3) is 0 Å². The number of carbonyl (C=O) groups is 6. The van der Waals surface area contributed by atoms with Gasteiger partial charge in [-0.3, -0.25) is 28.8 Å². The van der Waals surface area contributed by atoms with E-state index in [1.807, 2.05) is 20.8 Å². The fraction of sp³-hybridized carbons (Fsp3) is 0.739. The third-order valence-electron chi connectivity index (χ3n) is 5.92. The summed E-state index contributed by atoms with van der Waals surface area (Å²) in [6.45, 7) is 5.49. The molecule has 0 heterocycles. The third kappa shape index (κ3) is 10.4. The molecule has 13 heteroatoms. The van der Waals surface area contributed by atoms with Gasteiger partial charge in [-0.1, -0.05) is 33.6 Å². The van der Waals surface area contributed by atoms with E-state index in [-0.39, 0.29) is 18.1 Å². The molecule has 1 saturated carbocycles. The van der Waals surface area contributed by atoms with E-state index in [9.17, 15) is 39.0 Å². The number of hydrogen-bond donors (Lipinski definition) is 6. The van der Waals surface area contributed by atoms with Crippen LogP contribution < -0.4 is 21.7 Å². The van der Waals surface area contributed by atoms with Crippen LogP contribution in [-0.4, -0.2) is 75.4 Å². The number of amides is 4. The van der Waals surface area contributed by atoms with E-state index in [1.165, 1.54) is 11.8 Å². The number of primary amides is 1. The van der Waals surface area contributed by atoms with Gasteiger partial charge in [-0.15, -0.1) is 0 Å². The Morgan fingerprint density at radius 2 is 1.44 bits per heavy atom. The predicted molar refractivity (Wildman–Crippen MR) is 133 cm³/mol. The van der Waals surface area contributed by atoms with Gasteiger partial charge in [0.05, 0.1) is 18.3 Å². The minimum atomic E-state index is -1.52. The van der Waals surface area contributed by atoms with E-state index in [4.69, 9.17) is 5.73 Å². The van der Waals surface area contributed by atoms with Crippen molar-refractivity contribution in [3.63, 3.8) is 0 Å². The predicted octanol–water partition coefficient (Wildman–Crippen LogP) is 0.0910. The standard InChI is InChI=1S/C23H38N4O8S/c1-4-36-11-17(27-20(31)13-7-5-6-8-14(13)23(34)35)22(33)26-16(10-18(28)29)21(32)25-15(19(24)30)9-12(2)3/h12-17H,4-11H2,1-3H3,(H2,24,30)(H,25,32)(H,26,33)(H,27,31)(H,28,29)(H,34,35)/t13-,14-,15+,16+,17+/m1/s1. The van der Waals surface area contributed by atoms with Crippen molar-refractivity contribution < 1.29 is 39.0 Å². The summed E-state index contributed by atoms with van der Waals surface area (Å²) < 4.78 is 0. The molecule has 204 valence electrons. The summed E-state index contributed by atoms with van der Waals surface area (Å²) in [5.74, 6) is -6.32. The van der Waals surface area contributed by atoms with Crippen molar-refractivity contribution in [1.29, 1.82) is 0 Å². The minimum absolute atomic E-state index is 0.00962. The van der Waals surface area contributed by atoms with Gasteiger partial charge in [0.15, 0.2) is 0 Å². The Balaban J connectivity index is 3.02. The SMILES string of the molecule is CCSC[C@H](NC(=O)[C@@H]1CCCC[C@H]1C(=O)O)C(=O)N[C@@H](CC(=O)O)C(=O)N[C@@H](CC(C)C)C(N)=O. The fourth-order valence-electron chi connectivity index (χ4n) is 4.08. The molecule has 0 radical (unpaired) electrons. The molecule has 0 saturated heterocycles. The molecule has 4 amide bonds. The van der Waals surface area contributed by atoms with Crippen LogP contribution in [0.2, 0.25) is 0 Å². The van der Waals surface area contributed by atoms with Gasteiger partial charge < -0.3 is 31.9 Å². The fourth-order valence-corrected chi connectivity index (χ4v) is 4.79. The van der Waals surface area contributed by atoms with Gasteiger partial charge in [-0.2, -0.15) is 11.8 Å². The lowest BCUT2D eigenvalue weighted by molar-refractivity contribution is -0.149. The number of hydrogen-bond acceptors (Lipinski definition) is 7. The Kier molecular flexibility index (Phi) is 13.3. The van der Waals surface area contributed by atoms with Gasteiger partial charge in [-0.25, -0.2) is 0 Å². The van der Waals surface area contributed by atoms with Crippen molar-refractivity contribution in [1.82, 2.24) is 16.0 Å². The van der Waals surface area contributed by atoms with Crippen LogP contribution in [0.1, 0.15) is 59.3 Å². The molecule has 7 N–H and O–H groups in total. The molecular weight excluding hydrogens is 492 g/mol. The van der Waals surface area contributed by atoms with E-state index < -0.39 is 71.9 Å². The highest BCUT2D eigenvalue weighted by Crippen LogP contribution is 2.30. The van der Waals surface area contributed by atoms with Crippen LogP contribution in [0, 0.1) is 17.8 Å². The maximum atomic E-state index is 13.1. The number of thioether (sulfide) groups is 1. The summed E-state index contributed by atoms with van der Waals surface area (Å²) in [5.41, 5.74) is 5.35. The molecule has 36 heavy (non-hydrogen) atoms. The first-order valence-electron chi connectivity index (χ1n) is 12.1. The molecular formula is C23H38N4O8S. The normalized spacial score (nSPS) is 20.0. The summed E-state index contributed by atoms with van der Waals surface area (Å²) >= 11 is 1.34. The van der Waals surface area contributed by atoms with Gasteiger partial charge in [0, 0.05) is 5.75 Å². The van der Waals surface area contributed by atoms with Crippen LogP contribution >= 0.6 is 11.8 Å².